The Bertz CT molecular complexity index is 660. The minimum atomic E-state index is -0.463. The molecule has 0 atom stereocenters. The van der Waals surface area contributed by atoms with E-state index in [2.05, 4.69) is 15.9 Å². The number of benzene rings is 2. The molecule has 0 unspecified atom stereocenters. The number of para-hydroxylation sites is 1. The fourth-order valence-corrected chi connectivity index (χ4v) is 2.52. The number of nitro groups is 1. The van der Waals surface area contributed by atoms with Gasteiger partial charge in [0.1, 0.15) is 5.75 Å². The highest BCUT2D eigenvalue weighted by Gasteiger charge is 2.09. The van der Waals surface area contributed by atoms with Crippen molar-refractivity contribution in [2.45, 2.75) is 4.90 Å². The van der Waals surface area contributed by atoms with Crippen LogP contribution in [0, 0.1) is 10.1 Å². The molecule has 0 aliphatic carbocycles. The minimum absolute atomic E-state index is 0.0233. The molecule has 0 aliphatic rings. The zero-order chi connectivity index (χ0) is 15.2. The Labute approximate surface area is 133 Å². The molecule has 0 N–H and O–H groups in total. The SMILES string of the molecule is O=C(CSc1ccc([N+](=O)[O-])cc1)Oc1ccccc1Br. The maximum Gasteiger partial charge on any atom is 0.321 e. The van der Waals surface area contributed by atoms with Gasteiger partial charge in [0.05, 0.1) is 15.1 Å². The molecule has 2 aromatic carbocycles. The topological polar surface area (TPSA) is 69.4 Å². The summed E-state index contributed by atoms with van der Waals surface area (Å²) in [5.74, 6) is 0.205. The first-order valence-corrected chi connectivity index (χ1v) is 7.66. The average molecular weight is 368 g/mol. The van der Waals surface area contributed by atoms with Gasteiger partial charge in [-0.15, -0.1) is 11.8 Å². The van der Waals surface area contributed by atoms with E-state index in [0.717, 1.165) is 4.90 Å². The first kappa shape index (κ1) is 15.5. The van der Waals surface area contributed by atoms with Crippen molar-refractivity contribution in [1.29, 1.82) is 0 Å². The third-order valence-corrected chi connectivity index (χ3v) is 4.11. The third kappa shape index (κ3) is 4.57. The fraction of sp³-hybridized carbons (Fsp3) is 0.0714. The van der Waals surface area contributed by atoms with Crippen molar-refractivity contribution < 1.29 is 14.5 Å². The van der Waals surface area contributed by atoms with Gasteiger partial charge in [-0.05, 0) is 40.2 Å². The van der Waals surface area contributed by atoms with Crippen LogP contribution in [0.4, 0.5) is 5.69 Å². The molecule has 0 bridgehead atoms. The maximum atomic E-state index is 11.7. The van der Waals surface area contributed by atoms with E-state index in [1.807, 2.05) is 6.07 Å². The maximum absolute atomic E-state index is 11.7. The normalized spacial score (nSPS) is 10.1. The average Bonchev–Trinajstić information content (AvgIpc) is 2.48. The van der Waals surface area contributed by atoms with Gasteiger partial charge in [0.15, 0.2) is 0 Å². The summed E-state index contributed by atoms with van der Waals surface area (Å²) in [5.41, 5.74) is 0.0233. The van der Waals surface area contributed by atoms with Crippen LogP contribution in [-0.4, -0.2) is 16.6 Å². The molecule has 0 aliphatic heterocycles. The summed E-state index contributed by atoms with van der Waals surface area (Å²) in [4.78, 5) is 22.6. The summed E-state index contributed by atoms with van der Waals surface area (Å²) in [6.07, 6.45) is 0. The summed E-state index contributed by atoms with van der Waals surface area (Å²) in [6.45, 7) is 0. The molecule has 0 amide bonds. The zero-order valence-corrected chi connectivity index (χ0v) is 13.1. The molecule has 21 heavy (non-hydrogen) atoms. The van der Waals surface area contributed by atoms with Gasteiger partial charge >= 0.3 is 5.97 Å². The molecule has 2 aromatic rings. The number of carbonyl (C=O) groups is 1. The van der Waals surface area contributed by atoms with Crippen molar-refractivity contribution >= 4 is 39.3 Å². The van der Waals surface area contributed by atoms with Crippen LogP contribution in [0.5, 0.6) is 5.75 Å². The number of rotatable bonds is 5. The lowest BCUT2D eigenvalue weighted by molar-refractivity contribution is -0.384. The van der Waals surface area contributed by atoms with E-state index >= 15 is 0 Å². The second-order valence-corrected chi connectivity index (χ2v) is 5.85. The van der Waals surface area contributed by atoms with Crippen molar-refractivity contribution in [3.63, 3.8) is 0 Å². The monoisotopic (exact) mass is 367 g/mol. The van der Waals surface area contributed by atoms with Gasteiger partial charge in [0.25, 0.3) is 5.69 Å². The molecule has 0 aromatic heterocycles. The van der Waals surface area contributed by atoms with Gasteiger partial charge < -0.3 is 4.74 Å². The molecule has 0 saturated carbocycles. The number of nitrogens with zero attached hydrogens (tertiary/aromatic N) is 1. The number of hydrogen-bond donors (Lipinski definition) is 0. The first-order chi connectivity index (χ1) is 10.1. The molecule has 5 nitrogen and oxygen atoms in total. The molecule has 0 heterocycles. The van der Waals surface area contributed by atoms with E-state index in [1.54, 1.807) is 30.3 Å². The Morgan fingerprint density at radius 3 is 2.48 bits per heavy atom. The second-order valence-electron chi connectivity index (χ2n) is 3.94. The summed E-state index contributed by atoms with van der Waals surface area (Å²) in [5, 5.41) is 10.5. The van der Waals surface area contributed by atoms with Crippen molar-refractivity contribution in [3.05, 3.63) is 63.1 Å². The Kier molecular flexibility index (Phi) is 5.35. The molecular formula is C14H10BrNO4S. The number of halogens is 1. The highest BCUT2D eigenvalue weighted by molar-refractivity contribution is 9.10. The lowest BCUT2D eigenvalue weighted by atomic mass is 10.3. The second kappa shape index (κ2) is 7.24. The van der Waals surface area contributed by atoms with Gasteiger partial charge in [-0.25, -0.2) is 0 Å². The van der Waals surface area contributed by atoms with Gasteiger partial charge in [0.2, 0.25) is 0 Å². The van der Waals surface area contributed by atoms with Crippen LogP contribution in [0.3, 0.4) is 0 Å². The number of nitro benzene ring substituents is 1. The molecule has 0 fully saturated rings. The van der Waals surface area contributed by atoms with Crippen molar-refractivity contribution in [2.24, 2.45) is 0 Å². The predicted octanol–water partition coefficient (Wildman–Crippen LogP) is 4.06. The third-order valence-electron chi connectivity index (χ3n) is 2.46. The summed E-state index contributed by atoms with van der Waals surface area (Å²) < 4.78 is 5.92. The van der Waals surface area contributed by atoms with Crippen LogP contribution < -0.4 is 4.74 Å². The summed E-state index contributed by atoms with van der Waals surface area (Å²) in [6, 6.07) is 13.1. The Balaban J connectivity index is 1.89. The smallest absolute Gasteiger partial charge is 0.321 e. The number of hydrogen-bond acceptors (Lipinski definition) is 5. The van der Waals surface area contributed by atoms with Crippen LogP contribution in [0.1, 0.15) is 0 Å². The number of non-ortho nitro benzene ring substituents is 1. The summed E-state index contributed by atoms with van der Waals surface area (Å²) in [7, 11) is 0. The quantitative estimate of drug-likeness (QED) is 0.262. The Hall–Kier alpha value is -1.86. The van der Waals surface area contributed by atoms with Crippen molar-refractivity contribution in [2.75, 3.05) is 5.75 Å². The van der Waals surface area contributed by atoms with Crippen LogP contribution in [-0.2, 0) is 4.79 Å². The molecule has 0 saturated heterocycles. The van der Waals surface area contributed by atoms with Crippen LogP contribution in [0.15, 0.2) is 57.9 Å². The number of carbonyl (C=O) groups excluding carboxylic acids is 1. The molecule has 7 heteroatoms. The molecule has 0 radical (unpaired) electrons. The lowest BCUT2D eigenvalue weighted by Gasteiger charge is -2.05. The van der Waals surface area contributed by atoms with Crippen molar-refractivity contribution in [3.8, 4) is 5.75 Å². The Morgan fingerprint density at radius 2 is 1.86 bits per heavy atom. The predicted molar refractivity (Wildman–Crippen MR) is 83.6 cm³/mol. The van der Waals surface area contributed by atoms with Gasteiger partial charge in [-0.3, -0.25) is 14.9 Å². The number of esters is 1. The zero-order valence-electron chi connectivity index (χ0n) is 10.7. The van der Waals surface area contributed by atoms with Gasteiger partial charge in [0, 0.05) is 17.0 Å². The number of thioether (sulfide) groups is 1. The summed E-state index contributed by atoms with van der Waals surface area (Å²) >= 11 is 4.56. The molecule has 0 spiro atoms. The standard InChI is InChI=1S/C14H10BrNO4S/c15-12-3-1-2-4-13(12)20-14(17)9-21-11-7-5-10(6-8-11)16(18)19/h1-8H,9H2. The van der Waals surface area contributed by atoms with E-state index in [9.17, 15) is 14.9 Å². The molecule has 108 valence electrons. The van der Waals surface area contributed by atoms with Crippen molar-refractivity contribution in [1.82, 2.24) is 0 Å². The minimum Gasteiger partial charge on any atom is -0.425 e. The molecular weight excluding hydrogens is 358 g/mol. The highest BCUT2D eigenvalue weighted by Crippen LogP contribution is 2.25. The fourth-order valence-electron chi connectivity index (χ4n) is 1.49. The largest absolute Gasteiger partial charge is 0.425 e. The van der Waals surface area contributed by atoms with E-state index in [4.69, 9.17) is 4.74 Å². The number of ether oxygens (including phenoxy) is 1. The van der Waals surface area contributed by atoms with Gasteiger partial charge in [-0.2, -0.15) is 0 Å². The molecule has 2 rings (SSSR count). The van der Waals surface area contributed by atoms with E-state index < -0.39 is 4.92 Å². The van der Waals surface area contributed by atoms with Crippen LogP contribution >= 0.6 is 27.7 Å². The Morgan fingerprint density at radius 1 is 1.19 bits per heavy atom. The highest BCUT2D eigenvalue weighted by atomic mass is 79.9. The lowest BCUT2D eigenvalue weighted by Crippen LogP contribution is -2.10. The van der Waals surface area contributed by atoms with E-state index in [0.29, 0.717) is 10.2 Å². The first-order valence-electron chi connectivity index (χ1n) is 5.89. The van der Waals surface area contributed by atoms with E-state index in [-0.39, 0.29) is 17.4 Å². The van der Waals surface area contributed by atoms with E-state index in [1.165, 1.54) is 23.9 Å². The van der Waals surface area contributed by atoms with Crippen LogP contribution in [0.25, 0.3) is 0 Å². The van der Waals surface area contributed by atoms with Crippen LogP contribution in [0.2, 0.25) is 0 Å². The van der Waals surface area contributed by atoms with Gasteiger partial charge in [-0.1, -0.05) is 12.1 Å².